The lowest BCUT2D eigenvalue weighted by Gasteiger charge is -2.34. The summed E-state index contributed by atoms with van der Waals surface area (Å²) < 4.78 is 0. The first kappa shape index (κ1) is 28.1. The van der Waals surface area contributed by atoms with Crippen LogP contribution in [-0.2, 0) is 19.6 Å². The van der Waals surface area contributed by atoms with Gasteiger partial charge in [0.15, 0.2) is 0 Å². The van der Waals surface area contributed by atoms with Gasteiger partial charge in [-0.05, 0) is 53.4 Å². The number of carbonyl (C=O) groups is 1. The number of aromatic nitrogens is 3. The van der Waals surface area contributed by atoms with E-state index in [4.69, 9.17) is 5.73 Å². The van der Waals surface area contributed by atoms with E-state index in [-0.39, 0.29) is 12.0 Å². The number of benzene rings is 3. The number of rotatable bonds is 6. The van der Waals surface area contributed by atoms with Gasteiger partial charge in [-0.15, -0.1) is 0 Å². The minimum atomic E-state index is -0.121. The maximum absolute atomic E-state index is 13.2. The molecule has 3 aromatic carbocycles. The zero-order valence-electron chi connectivity index (χ0n) is 25.3. The molecule has 0 spiro atoms. The van der Waals surface area contributed by atoms with Crippen molar-refractivity contribution in [3.63, 3.8) is 0 Å². The van der Waals surface area contributed by atoms with Gasteiger partial charge in [0.05, 0.1) is 5.69 Å². The lowest BCUT2D eigenvalue weighted by molar-refractivity contribution is 0.132. The number of hydrogen-bond donors (Lipinski definition) is 3. The summed E-state index contributed by atoms with van der Waals surface area (Å²) in [6, 6.07) is 24.8. The molecule has 5 aromatic rings. The molecule has 9 nitrogen and oxygen atoms in total. The Kier molecular flexibility index (Phi) is 7.49. The molecular formula is C35H38N8O. The molecule has 0 radical (unpaired) electrons. The number of fused-ring (bicyclic) bond motifs is 2. The van der Waals surface area contributed by atoms with Crippen LogP contribution in [0.15, 0.2) is 72.8 Å². The maximum atomic E-state index is 13.2. The molecule has 2 aliphatic rings. The molecule has 1 saturated heterocycles. The van der Waals surface area contributed by atoms with Crippen molar-refractivity contribution in [1.29, 1.82) is 0 Å². The fourth-order valence-corrected chi connectivity index (χ4v) is 6.40. The van der Waals surface area contributed by atoms with Gasteiger partial charge >= 0.3 is 6.03 Å². The van der Waals surface area contributed by atoms with Crippen LogP contribution in [0.5, 0.6) is 0 Å². The minimum Gasteiger partial charge on any atom is -0.368 e. The van der Waals surface area contributed by atoms with Crippen LogP contribution in [0.2, 0.25) is 0 Å². The predicted molar refractivity (Wildman–Crippen MR) is 176 cm³/mol. The number of nitrogens with one attached hydrogen (secondary N) is 2. The summed E-state index contributed by atoms with van der Waals surface area (Å²) in [5, 5.41) is 4.01. The number of aromatic amines is 1. The second-order valence-electron chi connectivity index (χ2n) is 11.8. The third-order valence-corrected chi connectivity index (χ3v) is 9.05. The van der Waals surface area contributed by atoms with Crippen molar-refractivity contribution in [3.05, 3.63) is 95.1 Å². The average molecular weight is 587 g/mol. The fourth-order valence-electron chi connectivity index (χ4n) is 6.40. The first-order chi connectivity index (χ1) is 21.4. The Morgan fingerprint density at radius 3 is 2.32 bits per heavy atom. The van der Waals surface area contributed by atoms with E-state index in [1.165, 1.54) is 16.7 Å². The highest BCUT2D eigenvalue weighted by Crippen LogP contribution is 2.35. The summed E-state index contributed by atoms with van der Waals surface area (Å²) in [5.41, 5.74) is 15.9. The van der Waals surface area contributed by atoms with Crippen LogP contribution in [0.3, 0.4) is 0 Å². The van der Waals surface area contributed by atoms with Gasteiger partial charge in [0, 0.05) is 68.1 Å². The summed E-state index contributed by atoms with van der Waals surface area (Å²) in [6.45, 7) is 12.0. The Hall–Kier alpha value is -4.73. The van der Waals surface area contributed by atoms with Crippen LogP contribution in [0, 0.1) is 6.92 Å². The number of nitrogen functional groups attached to an aromatic ring is 1. The van der Waals surface area contributed by atoms with Crippen LogP contribution in [-0.4, -0.2) is 68.4 Å². The van der Waals surface area contributed by atoms with Crippen molar-refractivity contribution in [2.24, 2.45) is 0 Å². The van der Waals surface area contributed by atoms with E-state index in [9.17, 15) is 4.79 Å². The molecule has 2 aromatic heterocycles. The second-order valence-corrected chi connectivity index (χ2v) is 11.8. The molecule has 44 heavy (non-hydrogen) atoms. The standard InChI is InChI=1S/C35H38N8O/c1-3-41-15-17-42(18-16-41)20-24-11-13-25(14-12-24)31-19-29-32(39-34(36)40-33(29)37-31)28-9-6-10-30(23(28)2)38-35(44)43-21-26-7-4-5-8-27(26)22-43/h4-14,19H,3,15-18,20-22H2,1-2H3,(H,38,44)(H3,36,37,39,40). The molecule has 4 heterocycles. The molecule has 0 atom stereocenters. The molecule has 0 saturated carbocycles. The zero-order chi connectivity index (χ0) is 30.2. The number of nitrogens with zero attached hydrogens (tertiary/aromatic N) is 5. The number of urea groups is 1. The van der Waals surface area contributed by atoms with E-state index >= 15 is 0 Å². The van der Waals surface area contributed by atoms with Gasteiger partial charge in [-0.25, -0.2) is 9.78 Å². The molecule has 0 bridgehead atoms. The summed E-state index contributed by atoms with van der Waals surface area (Å²) in [5.74, 6) is 0.197. The fraction of sp³-hybridized carbons (Fsp3) is 0.286. The third kappa shape index (κ3) is 5.52. The number of anilines is 2. The Bertz CT molecular complexity index is 1800. The Balaban J connectivity index is 1.12. The predicted octanol–water partition coefficient (Wildman–Crippen LogP) is 5.87. The lowest BCUT2D eigenvalue weighted by Crippen LogP contribution is -2.45. The van der Waals surface area contributed by atoms with Gasteiger partial charge in [0.25, 0.3) is 0 Å². The monoisotopic (exact) mass is 586 g/mol. The Labute approximate surface area is 257 Å². The highest BCUT2D eigenvalue weighted by Gasteiger charge is 2.24. The van der Waals surface area contributed by atoms with Crippen LogP contribution in [0.25, 0.3) is 33.5 Å². The Morgan fingerprint density at radius 1 is 0.909 bits per heavy atom. The van der Waals surface area contributed by atoms with Gasteiger partial charge < -0.3 is 25.8 Å². The average Bonchev–Trinajstić information content (AvgIpc) is 3.67. The van der Waals surface area contributed by atoms with E-state index in [1.807, 2.05) is 42.2 Å². The topological polar surface area (TPSA) is 106 Å². The largest absolute Gasteiger partial charge is 0.368 e. The highest BCUT2D eigenvalue weighted by molar-refractivity contribution is 5.98. The van der Waals surface area contributed by atoms with Gasteiger partial charge in [-0.3, -0.25) is 4.90 Å². The smallest absolute Gasteiger partial charge is 0.322 e. The number of likely N-dealkylation sites (N-methyl/N-ethyl adjacent to an activating group) is 1. The van der Waals surface area contributed by atoms with Crippen LogP contribution in [0.1, 0.15) is 29.2 Å². The van der Waals surface area contributed by atoms with E-state index in [0.717, 1.165) is 78.4 Å². The Morgan fingerprint density at radius 2 is 1.61 bits per heavy atom. The van der Waals surface area contributed by atoms with Crippen molar-refractivity contribution in [2.45, 2.75) is 33.5 Å². The normalized spacial score (nSPS) is 15.5. The summed E-state index contributed by atoms with van der Waals surface area (Å²) in [4.78, 5) is 32.7. The summed E-state index contributed by atoms with van der Waals surface area (Å²) in [7, 11) is 0. The van der Waals surface area contributed by atoms with Gasteiger partial charge in [-0.1, -0.05) is 67.6 Å². The molecule has 4 N–H and O–H groups in total. The summed E-state index contributed by atoms with van der Waals surface area (Å²) >= 11 is 0. The van der Waals surface area contributed by atoms with Gasteiger partial charge in [-0.2, -0.15) is 4.98 Å². The SMILES string of the molecule is CCN1CCN(Cc2ccc(-c3cc4c(-c5cccc(NC(=O)N6Cc7ccccc7C6)c5C)nc(N)nc4[nH]3)cc2)CC1. The molecular weight excluding hydrogens is 548 g/mol. The van der Waals surface area contributed by atoms with Crippen LogP contribution < -0.4 is 11.1 Å². The molecule has 224 valence electrons. The highest BCUT2D eigenvalue weighted by atomic mass is 16.2. The number of nitrogens with two attached hydrogens (primary N) is 1. The van der Waals surface area contributed by atoms with Crippen LogP contribution >= 0.6 is 0 Å². The van der Waals surface area contributed by atoms with Gasteiger partial charge in [0.1, 0.15) is 5.65 Å². The van der Waals surface area contributed by atoms with Crippen molar-refractivity contribution < 1.29 is 4.79 Å². The number of amides is 2. The first-order valence-corrected chi connectivity index (χ1v) is 15.4. The first-order valence-electron chi connectivity index (χ1n) is 15.4. The zero-order valence-corrected chi connectivity index (χ0v) is 25.3. The van der Waals surface area contributed by atoms with Crippen molar-refractivity contribution in [1.82, 2.24) is 29.7 Å². The molecule has 1 fully saturated rings. The summed E-state index contributed by atoms with van der Waals surface area (Å²) in [6.07, 6.45) is 0. The third-order valence-electron chi connectivity index (χ3n) is 9.05. The number of hydrogen-bond acceptors (Lipinski definition) is 6. The van der Waals surface area contributed by atoms with Crippen molar-refractivity contribution >= 4 is 28.7 Å². The minimum absolute atomic E-state index is 0.121. The number of carbonyl (C=O) groups excluding carboxylic acids is 1. The lowest BCUT2D eigenvalue weighted by atomic mass is 10.0. The number of H-pyrrole nitrogens is 1. The maximum Gasteiger partial charge on any atom is 0.322 e. The molecule has 9 heteroatoms. The molecule has 0 unspecified atom stereocenters. The van der Waals surface area contributed by atoms with Crippen molar-refractivity contribution in [3.8, 4) is 22.5 Å². The van der Waals surface area contributed by atoms with Gasteiger partial charge in [0.2, 0.25) is 5.95 Å². The van der Waals surface area contributed by atoms with Crippen LogP contribution in [0.4, 0.5) is 16.4 Å². The molecule has 7 rings (SSSR count). The molecule has 2 amide bonds. The van der Waals surface area contributed by atoms with E-state index in [2.05, 4.69) is 79.5 Å². The molecule has 2 aliphatic heterocycles. The quantitative estimate of drug-likeness (QED) is 0.230. The van der Waals surface area contributed by atoms with Crippen molar-refractivity contribution in [2.75, 3.05) is 43.8 Å². The van der Waals surface area contributed by atoms with E-state index in [0.29, 0.717) is 18.7 Å². The molecule has 0 aliphatic carbocycles. The second kappa shape index (κ2) is 11.7. The number of piperazine rings is 1. The van der Waals surface area contributed by atoms with E-state index < -0.39 is 0 Å². The van der Waals surface area contributed by atoms with E-state index in [1.54, 1.807) is 0 Å².